The number of ether oxygens (including phenoxy) is 2. The second-order valence-electron chi connectivity index (χ2n) is 6.38. The Bertz CT molecular complexity index is 265. The zero-order chi connectivity index (χ0) is 13.2. The number of nitrogens with one attached hydrogen (secondary N) is 1. The SMILES string of the molecule is CC(C)C(C)C(NN)C1CCOC2(CCOC2)C1. The molecule has 0 amide bonds. The summed E-state index contributed by atoms with van der Waals surface area (Å²) >= 11 is 0. The van der Waals surface area contributed by atoms with Gasteiger partial charge in [-0.2, -0.15) is 0 Å². The largest absolute Gasteiger partial charge is 0.378 e. The summed E-state index contributed by atoms with van der Waals surface area (Å²) in [5.74, 6) is 7.63. The predicted octanol–water partition coefficient (Wildman–Crippen LogP) is 1.70. The number of nitrogens with two attached hydrogens (primary N) is 1. The molecule has 2 rings (SSSR count). The normalized spacial score (nSPS) is 36.2. The lowest BCUT2D eigenvalue weighted by atomic mass is 9.75. The molecular weight excluding hydrogens is 228 g/mol. The molecule has 1 spiro atoms. The van der Waals surface area contributed by atoms with Crippen LogP contribution < -0.4 is 11.3 Å². The lowest BCUT2D eigenvalue weighted by Gasteiger charge is -2.42. The lowest BCUT2D eigenvalue weighted by Crippen LogP contribution is -2.52. The maximum absolute atomic E-state index is 6.00. The van der Waals surface area contributed by atoms with Gasteiger partial charge in [0.15, 0.2) is 0 Å². The fourth-order valence-corrected chi connectivity index (χ4v) is 3.37. The molecule has 0 aromatic carbocycles. The highest BCUT2D eigenvalue weighted by Gasteiger charge is 2.43. The fraction of sp³-hybridized carbons (Fsp3) is 1.00. The molecule has 4 nitrogen and oxygen atoms in total. The summed E-state index contributed by atoms with van der Waals surface area (Å²) in [6.07, 6.45) is 3.23. The highest BCUT2D eigenvalue weighted by Crippen LogP contribution is 2.39. The van der Waals surface area contributed by atoms with Crippen LogP contribution in [-0.2, 0) is 9.47 Å². The van der Waals surface area contributed by atoms with Crippen molar-refractivity contribution in [1.82, 2.24) is 5.43 Å². The Balaban J connectivity index is 2.02. The molecule has 0 aromatic rings. The zero-order valence-corrected chi connectivity index (χ0v) is 11.9. The van der Waals surface area contributed by atoms with Crippen LogP contribution in [0.5, 0.6) is 0 Å². The van der Waals surface area contributed by atoms with E-state index in [0.717, 1.165) is 39.1 Å². The predicted molar refractivity (Wildman–Crippen MR) is 72.0 cm³/mol. The van der Waals surface area contributed by atoms with Crippen LogP contribution in [0.15, 0.2) is 0 Å². The van der Waals surface area contributed by atoms with E-state index >= 15 is 0 Å². The molecule has 2 aliphatic heterocycles. The maximum Gasteiger partial charge on any atom is 0.0939 e. The monoisotopic (exact) mass is 256 g/mol. The molecule has 4 unspecified atom stereocenters. The van der Waals surface area contributed by atoms with Crippen molar-refractivity contribution in [2.24, 2.45) is 23.6 Å². The molecule has 4 heteroatoms. The van der Waals surface area contributed by atoms with Crippen LogP contribution in [0.4, 0.5) is 0 Å². The molecule has 2 fully saturated rings. The van der Waals surface area contributed by atoms with Crippen LogP contribution in [0.3, 0.4) is 0 Å². The van der Waals surface area contributed by atoms with Gasteiger partial charge in [-0.3, -0.25) is 11.3 Å². The van der Waals surface area contributed by atoms with E-state index in [0.29, 0.717) is 23.8 Å². The molecule has 3 N–H and O–H groups in total. The average molecular weight is 256 g/mol. The second-order valence-corrected chi connectivity index (χ2v) is 6.38. The van der Waals surface area contributed by atoms with Gasteiger partial charge in [0, 0.05) is 25.7 Å². The molecule has 18 heavy (non-hydrogen) atoms. The summed E-state index contributed by atoms with van der Waals surface area (Å²) in [5.41, 5.74) is 3.04. The molecular formula is C14H28N2O2. The quantitative estimate of drug-likeness (QED) is 0.594. The lowest BCUT2D eigenvalue weighted by molar-refractivity contribution is -0.106. The first-order valence-electron chi connectivity index (χ1n) is 7.26. The summed E-state index contributed by atoms with van der Waals surface area (Å²) in [6.45, 7) is 9.27. The number of hydrazine groups is 1. The number of hydrogen-bond acceptors (Lipinski definition) is 4. The summed E-state index contributed by atoms with van der Waals surface area (Å²) in [6, 6.07) is 0.381. The van der Waals surface area contributed by atoms with Crippen molar-refractivity contribution in [2.45, 2.75) is 51.7 Å². The summed E-state index contributed by atoms with van der Waals surface area (Å²) in [4.78, 5) is 0. The third kappa shape index (κ3) is 2.87. The highest BCUT2D eigenvalue weighted by molar-refractivity contribution is 4.94. The maximum atomic E-state index is 6.00. The molecule has 0 saturated carbocycles. The first-order valence-corrected chi connectivity index (χ1v) is 7.26. The van der Waals surface area contributed by atoms with Crippen LogP contribution in [0.25, 0.3) is 0 Å². The van der Waals surface area contributed by atoms with Crippen LogP contribution in [0.2, 0.25) is 0 Å². The van der Waals surface area contributed by atoms with Gasteiger partial charge in [0.25, 0.3) is 0 Å². The van der Waals surface area contributed by atoms with Crippen molar-refractivity contribution in [3.8, 4) is 0 Å². The van der Waals surface area contributed by atoms with Crippen molar-refractivity contribution in [2.75, 3.05) is 19.8 Å². The van der Waals surface area contributed by atoms with Gasteiger partial charge in [-0.1, -0.05) is 20.8 Å². The Morgan fingerprint density at radius 3 is 2.61 bits per heavy atom. The van der Waals surface area contributed by atoms with E-state index in [2.05, 4.69) is 26.2 Å². The molecule has 0 aromatic heterocycles. The Kier molecular flexibility index (Phi) is 4.64. The van der Waals surface area contributed by atoms with Gasteiger partial charge in [0.2, 0.25) is 0 Å². The van der Waals surface area contributed by atoms with E-state index in [-0.39, 0.29) is 5.60 Å². The molecule has 4 atom stereocenters. The third-order valence-corrected chi connectivity index (χ3v) is 4.92. The van der Waals surface area contributed by atoms with Crippen LogP contribution >= 0.6 is 0 Å². The van der Waals surface area contributed by atoms with Crippen molar-refractivity contribution < 1.29 is 9.47 Å². The minimum absolute atomic E-state index is 0.0191. The van der Waals surface area contributed by atoms with E-state index in [1.165, 1.54) is 0 Å². The molecule has 0 aliphatic carbocycles. The fourth-order valence-electron chi connectivity index (χ4n) is 3.37. The molecule has 106 valence electrons. The molecule has 0 bridgehead atoms. The van der Waals surface area contributed by atoms with Gasteiger partial charge < -0.3 is 9.47 Å². The molecule has 2 heterocycles. The first kappa shape index (κ1) is 14.3. The smallest absolute Gasteiger partial charge is 0.0939 e. The van der Waals surface area contributed by atoms with E-state index < -0.39 is 0 Å². The van der Waals surface area contributed by atoms with Crippen molar-refractivity contribution in [1.29, 1.82) is 0 Å². The van der Waals surface area contributed by atoms with Gasteiger partial charge in [-0.05, 0) is 30.6 Å². The molecule has 2 saturated heterocycles. The van der Waals surface area contributed by atoms with E-state index in [1.54, 1.807) is 0 Å². The van der Waals surface area contributed by atoms with Crippen LogP contribution in [-0.4, -0.2) is 31.5 Å². The summed E-state index contributed by atoms with van der Waals surface area (Å²) < 4.78 is 11.5. The van der Waals surface area contributed by atoms with E-state index in [9.17, 15) is 0 Å². The standard InChI is InChI=1S/C14H28N2O2/c1-10(2)11(3)13(16-15)12-4-6-18-14(8-12)5-7-17-9-14/h10-13,16H,4-9,15H2,1-3H3. The van der Waals surface area contributed by atoms with Crippen LogP contribution in [0, 0.1) is 17.8 Å². The van der Waals surface area contributed by atoms with Gasteiger partial charge in [0.1, 0.15) is 0 Å². The number of rotatable bonds is 4. The minimum atomic E-state index is -0.0191. The van der Waals surface area contributed by atoms with E-state index in [1.807, 2.05) is 0 Å². The number of hydrogen-bond donors (Lipinski definition) is 2. The van der Waals surface area contributed by atoms with E-state index in [4.69, 9.17) is 15.3 Å². The minimum Gasteiger partial charge on any atom is -0.378 e. The van der Waals surface area contributed by atoms with Crippen LogP contribution in [0.1, 0.15) is 40.0 Å². The summed E-state index contributed by atoms with van der Waals surface area (Å²) in [5, 5.41) is 0. The van der Waals surface area contributed by atoms with Gasteiger partial charge in [0.05, 0.1) is 12.2 Å². The van der Waals surface area contributed by atoms with Gasteiger partial charge >= 0.3 is 0 Å². The zero-order valence-electron chi connectivity index (χ0n) is 11.9. The van der Waals surface area contributed by atoms with Crippen molar-refractivity contribution in [3.63, 3.8) is 0 Å². The Labute approximate surface area is 111 Å². The first-order chi connectivity index (χ1) is 8.58. The highest BCUT2D eigenvalue weighted by atomic mass is 16.6. The Morgan fingerprint density at radius 2 is 2.06 bits per heavy atom. The van der Waals surface area contributed by atoms with Crippen molar-refractivity contribution >= 4 is 0 Å². The Morgan fingerprint density at radius 1 is 1.28 bits per heavy atom. The molecule has 0 radical (unpaired) electrons. The summed E-state index contributed by atoms with van der Waals surface area (Å²) in [7, 11) is 0. The topological polar surface area (TPSA) is 56.5 Å². The Hall–Kier alpha value is -0.160. The third-order valence-electron chi connectivity index (χ3n) is 4.92. The average Bonchev–Trinajstić information content (AvgIpc) is 2.78. The van der Waals surface area contributed by atoms with Gasteiger partial charge in [-0.25, -0.2) is 0 Å². The molecule has 2 aliphatic rings. The second kappa shape index (κ2) is 5.87. The van der Waals surface area contributed by atoms with Crippen molar-refractivity contribution in [3.05, 3.63) is 0 Å². The van der Waals surface area contributed by atoms with Gasteiger partial charge in [-0.15, -0.1) is 0 Å².